The molecule has 4 rings (SSSR count). The number of carbonyl (C=O) groups excluding carboxylic acids is 1. The molecular formula is C23H15Cl3N2O3S. The van der Waals surface area contributed by atoms with Crippen LogP contribution in [0.15, 0.2) is 83.8 Å². The number of fused-ring (bicyclic) bond motifs is 1. The van der Waals surface area contributed by atoms with Crippen LogP contribution in [0.5, 0.6) is 0 Å². The predicted molar refractivity (Wildman–Crippen MR) is 131 cm³/mol. The molecule has 0 heterocycles. The third kappa shape index (κ3) is 4.84. The highest BCUT2D eigenvalue weighted by Gasteiger charge is 2.22. The molecule has 5 nitrogen and oxygen atoms in total. The Balaban J connectivity index is 1.78. The molecule has 1 amide bonds. The molecule has 0 aliphatic carbocycles. The lowest BCUT2D eigenvalue weighted by Gasteiger charge is -2.15. The molecule has 0 aliphatic rings. The maximum atomic E-state index is 13.1. The van der Waals surface area contributed by atoms with E-state index in [1.54, 1.807) is 36.4 Å². The molecule has 32 heavy (non-hydrogen) atoms. The van der Waals surface area contributed by atoms with Gasteiger partial charge < -0.3 is 5.32 Å². The van der Waals surface area contributed by atoms with Crippen molar-refractivity contribution in [3.63, 3.8) is 0 Å². The Labute approximate surface area is 200 Å². The molecule has 4 aromatic carbocycles. The van der Waals surface area contributed by atoms with E-state index in [9.17, 15) is 13.2 Å². The summed E-state index contributed by atoms with van der Waals surface area (Å²) in [4.78, 5) is 12.9. The van der Waals surface area contributed by atoms with Crippen molar-refractivity contribution in [2.75, 3.05) is 10.0 Å². The zero-order chi connectivity index (χ0) is 22.9. The molecular weight excluding hydrogens is 491 g/mol. The minimum atomic E-state index is -4.13. The normalized spacial score (nSPS) is 11.3. The number of benzene rings is 4. The maximum absolute atomic E-state index is 13.1. The topological polar surface area (TPSA) is 75.3 Å². The van der Waals surface area contributed by atoms with Crippen molar-refractivity contribution in [1.29, 1.82) is 0 Å². The van der Waals surface area contributed by atoms with Crippen LogP contribution in [0.2, 0.25) is 15.1 Å². The number of amides is 1. The van der Waals surface area contributed by atoms with Crippen LogP contribution < -0.4 is 10.0 Å². The Morgan fingerprint density at radius 2 is 1.38 bits per heavy atom. The number of sulfonamides is 1. The molecule has 4 aromatic rings. The van der Waals surface area contributed by atoms with E-state index in [2.05, 4.69) is 10.0 Å². The second kappa shape index (κ2) is 9.00. The summed E-state index contributed by atoms with van der Waals surface area (Å²) in [5.41, 5.74) is 0.755. The first kappa shape index (κ1) is 22.4. The number of halogens is 3. The number of nitrogens with one attached hydrogen (secondary N) is 2. The fraction of sp³-hybridized carbons (Fsp3) is 0. The van der Waals surface area contributed by atoms with Crippen molar-refractivity contribution in [1.82, 2.24) is 0 Å². The van der Waals surface area contributed by atoms with Crippen LogP contribution in [0.1, 0.15) is 10.4 Å². The SMILES string of the molecule is O=C(Nc1ccc(Cl)cc1)c1cc2ccccc2cc1NS(=O)(=O)c1cc(Cl)ccc1Cl. The minimum Gasteiger partial charge on any atom is -0.322 e. The van der Waals surface area contributed by atoms with Gasteiger partial charge in [0.25, 0.3) is 15.9 Å². The molecule has 9 heteroatoms. The van der Waals surface area contributed by atoms with E-state index in [1.807, 2.05) is 24.3 Å². The third-order valence-corrected chi connectivity index (χ3v) is 6.99. The van der Waals surface area contributed by atoms with Gasteiger partial charge in [0.05, 0.1) is 16.3 Å². The van der Waals surface area contributed by atoms with Crippen molar-refractivity contribution < 1.29 is 13.2 Å². The van der Waals surface area contributed by atoms with E-state index in [-0.39, 0.29) is 26.2 Å². The summed E-state index contributed by atoms with van der Waals surface area (Å²) in [6.07, 6.45) is 0. The van der Waals surface area contributed by atoms with Crippen LogP contribution in [0.4, 0.5) is 11.4 Å². The average Bonchev–Trinajstić information content (AvgIpc) is 2.76. The van der Waals surface area contributed by atoms with Crippen molar-refractivity contribution in [3.05, 3.63) is 99.5 Å². The van der Waals surface area contributed by atoms with Gasteiger partial charge in [-0.3, -0.25) is 9.52 Å². The van der Waals surface area contributed by atoms with Crippen LogP contribution in [-0.2, 0) is 10.0 Å². The van der Waals surface area contributed by atoms with E-state index in [1.165, 1.54) is 18.2 Å². The van der Waals surface area contributed by atoms with Crippen molar-refractivity contribution in [2.45, 2.75) is 4.90 Å². The van der Waals surface area contributed by atoms with Gasteiger partial charge in [0.2, 0.25) is 0 Å². The molecule has 0 saturated carbocycles. The Bertz CT molecular complexity index is 1440. The van der Waals surface area contributed by atoms with Gasteiger partial charge in [-0.15, -0.1) is 0 Å². The van der Waals surface area contributed by atoms with Gasteiger partial charge in [-0.2, -0.15) is 0 Å². The van der Waals surface area contributed by atoms with Gasteiger partial charge >= 0.3 is 0 Å². The number of anilines is 2. The molecule has 162 valence electrons. The van der Waals surface area contributed by atoms with E-state index in [4.69, 9.17) is 34.8 Å². The number of hydrogen-bond acceptors (Lipinski definition) is 3. The standard InChI is InChI=1S/C23H15Cl3N2O3S/c24-16-5-8-18(9-6-16)27-23(29)19-11-14-3-1-2-4-15(14)12-21(19)28-32(30,31)22-13-17(25)7-10-20(22)26/h1-13,28H,(H,27,29). The second-order valence-electron chi connectivity index (χ2n) is 6.89. The molecule has 0 radical (unpaired) electrons. The molecule has 0 aromatic heterocycles. The Morgan fingerprint density at radius 3 is 2.06 bits per heavy atom. The zero-order valence-electron chi connectivity index (χ0n) is 16.3. The van der Waals surface area contributed by atoms with Gasteiger partial charge in [-0.05, 0) is 65.4 Å². The smallest absolute Gasteiger partial charge is 0.263 e. The molecule has 0 bridgehead atoms. The minimum absolute atomic E-state index is 0.00912. The molecule has 0 atom stereocenters. The van der Waals surface area contributed by atoms with E-state index < -0.39 is 15.9 Å². The van der Waals surface area contributed by atoms with Crippen LogP contribution >= 0.6 is 34.8 Å². The fourth-order valence-corrected chi connectivity index (χ4v) is 5.09. The molecule has 0 unspecified atom stereocenters. The Morgan fingerprint density at radius 1 is 0.750 bits per heavy atom. The first-order chi connectivity index (χ1) is 15.2. The van der Waals surface area contributed by atoms with Gasteiger partial charge in [-0.25, -0.2) is 8.42 Å². The predicted octanol–water partition coefficient (Wildman–Crippen LogP) is 6.85. The molecule has 2 N–H and O–H groups in total. The highest BCUT2D eigenvalue weighted by molar-refractivity contribution is 7.92. The number of carbonyl (C=O) groups is 1. The zero-order valence-corrected chi connectivity index (χ0v) is 19.4. The fourth-order valence-electron chi connectivity index (χ4n) is 3.13. The summed E-state index contributed by atoms with van der Waals surface area (Å²) in [5, 5.41) is 5.04. The van der Waals surface area contributed by atoms with E-state index >= 15 is 0 Å². The van der Waals surface area contributed by atoms with Gasteiger partial charge in [0.1, 0.15) is 4.90 Å². The van der Waals surface area contributed by atoms with Gasteiger partial charge in [0, 0.05) is 15.7 Å². The Hall–Kier alpha value is -2.77. The molecule has 0 spiro atoms. The number of rotatable bonds is 5. The largest absolute Gasteiger partial charge is 0.322 e. The quantitative estimate of drug-likeness (QED) is 0.311. The summed E-state index contributed by atoms with van der Waals surface area (Å²) in [6.45, 7) is 0. The maximum Gasteiger partial charge on any atom is 0.263 e. The monoisotopic (exact) mass is 504 g/mol. The first-order valence-electron chi connectivity index (χ1n) is 9.30. The second-order valence-corrected chi connectivity index (χ2v) is 9.82. The molecule has 0 saturated heterocycles. The van der Waals surface area contributed by atoms with Gasteiger partial charge in [0.15, 0.2) is 0 Å². The van der Waals surface area contributed by atoms with Crippen molar-refractivity contribution in [2.24, 2.45) is 0 Å². The molecule has 0 aliphatic heterocycles. The summed E-state index contributed by atoms with van der Waals surface area (Å²) < 4.78 is 28.6. The van der Waals surface area contributed by atoms with Crippen LogP contribution in [-0.4, -0.2) is 14.3 Å². The van der Waals surface area contributed by atoms with Crippen LogP contribution in [0.3, 0.4) is 0 Å². The lowest BCUT2D eigenvalue weighted by molar-refractivity contribution is 0.102. The summed E-state index contributed by atoms with van der Waals surface area (Å²) in [6, 6.07) is 21.2. The lowest BCUT2D eigenvalue weighted by atomic mass is 10.0. The van der Waals surface area contributed by atoms with E-state index in [0.717, 1.165) is 10.8 Å². The Kier molecular flexibility index (Phi) is 6.31. The van der Waals surface area contributed by atoms with Crippen LogP contribution in [0.25, 0.3) is 10.8 Å². The van der Waals surface area contributed by atoms with Crippen molar-refractivity contribution >= 4 is 72.9 Å². The summed E-state index contributed by atoms with van der Waals surface area (Å²) in [7, 11) is -4.13. The first-order valence-corrected chi connectivity index (χ1v) is 11.9. The summed E-state index contributed by atoms with van der Waals surface area (Å²) >= 11 is 18.0. The summed E-state index contributed by atoms with van der Waals surface area (Å²) in [5.74, 6) is -0.493. The van der Waals surface area contributed by atoms with Gasteiger partial charge in [-0.1, -0.05) is 59.1 Å². The van der Waals surface area contributed by atoms with Crippen molar-refractivity contribution in [3.8, 4) is 0 Å². The molecule has 0 fully saturated rings. The van der Waals surface area contributed by atoms with Crippen LogP contribution in [0, 0.1) is 0 Å². The van der Waals surface area contributed by atoms with E-state index in [0.29, 0.717) is 10.7 Å². The lowest BCUT2D eigenvalue weighted by Crippen LogP contribution is -2.19. The average molecular weight is 506 g/mol. The highest BCUT2D eigenvalue weighted by atomic mass is 35.5. The number of hydrogen-bond donors (Lipinski definition) is 2. The third-order valence-electron chi connectivity index (χ3n) is 4.66. The highest BCUT2D eigenvalue weighted by Crippen LogP contribution is 2.30.